The van der Waals surface area contributed by atoms with Crippen LogP contribution < -0.4 is 20.7 Å². The van der Waals surface area contributed by atoms with E-state index in [9.17, 15) is 4.79 Å². The van der Waals surface area contributed by atoms with Gasteiger partial charge in [0.05, 0.1) is 7.11 Å². The molecule has 0 bridgehead atoms. The van der Waals surface area contributed by atoms with E-state index in [1.807, 2.05) is 37.3 Å². The molecule has 2 rings (SSSR count). The Morgan fingerprint density at radius 3 is 2.54 bits per heavy atom. The van der Waals surface area contributed by atoms with Crippen molar-refractivity contribution in [3.63, 3.8) is 0 Å². The zero-order valence-electron chi connectivity index (χ0n) is 16.2. The predicted octanol–water partition coefficient (Wildman–Crippen LogP) is 3.48. The number of aliphatic imine (C=N–C) groups is 1. The van der Waals surface area contributed by atoms with Crippen molar-refractivity contribution in [2.45, 2.75) is 13.5 Å². The summed E-state index contributed by atoms with van der Waals surface area (Å²) in [5.74, 6) is 1.40. The highest BCUT2D eigenvalue weighted by Crippen LogP contribution is 2.19. The Morgan fingerprint density at radius 1 is 1.11 bits per heavy atom. The van der Waals surface area contributed by atoms with Crippen LogP contribution in [0.25, 0.3) is 0 Å². The summed E-state index contributed by atoms with van der Waals surface area (Å²) in [6, 6.07) is 13.4. The van der Waals surface area contributed by atoms with Gasteiger partial charge < -0.3 is 20.7 Å². The molecule has 0 saturated carbocycles. The van der Waals surface area contributed by atoms with Crippen molar-refractivity contribution in [3.05, 3.63) is 63.6 Å². The normalized spacial score (nSPS) is 10.6. The molecule has 0 unspecified atom stereocenters. The summed E-state index contributed by atoms with van der Waals surface area (Å²) < 4.78 is 6.30. The lowest BCUT2D eigenvalue weighted by Gasteiger charge is -2.14. The average molecular weight is 561 g/mol. The van der Waals surface area contributed by atoms with Gasteiger partial charge in [-0.05, 0) is 36.8 Å². The minimum Gasteiger partial charge on any atom is -0.496 e. The SMILES string of the molecule is CN=C(NCCNC(=O)c1cccc(Br)c1)NCc1ccc(C)cc1OC.I. The van der Waals surface area contributed by atoms with Crippen LogP contribution in [0.2, 0.25) is 0 Å². The molecule has 3 N–H and O–H groups in total. The van der Waals surface area contributed by atoms with E-state index in [2.05, 4.69) is 36.9 Å². The second-order valence-electron chi connectivity index (χ2n) is 5.93. The summed E-state index contributed by atoms with van der Waals surface area (Å²) in [4.78, 5) is 16.3. The Labute approximate surface area is 191 Å². The van der Waals surface area contributed by atoms with Crippen LogP contribution in [-0.4, -0.2) is 39.1 Å². The molecule has 152 valence electrons. The van der Waals surface area contributed by atoms with E-state index in [-0.39, 0.29) is 29.9 Å². The van der Waals surface area contributed by atoms with E-state index in [1.54, 1.807) is 26.3 Å². The van der Waals surface area contributed by atoms with Crippen molar-refractivity contribution in [3.8, 4) is 5.75 Å². The fourth-order valence-electron chi connectivity index (χ4n) is 2.49. The summed E-state index contributed by atoms with van der Waals surface area (Å²) >= 11 is 3.37. The largest absolute Gasteiger partial charge is 0.496 e. The fourth-order valence-corrected chi connectivity index (χ4v) is 2.89. The quantitative estimate of drug-likeness (QED) is 0.210. The number of halogens is 2. The lowest BCUT2D eigenvalue weighted by molar-refractivity contribution is 0.0954. The maximum Gasteiger partial charge on any atom is 0.251 e. The van der Waals surface area contributed by atoms with Crippen LogP contribution in [0.15, 0.2) is 51.9 Å². The molecule has 0 spiro atoms. The van der Waals surface area contributed by atoms with Crippen LogP contribution >= 0.6 is 39.9 Å². The van der Waals surface area contributed by atoms with Crippen LogP contribution in [0.1, 0.15) is 21.5 Å². The Balaban J connectivity index is 0.00000392. The van der Waals surface area contributed by atoms with Gasteiger partial charge >= 0.3 is 0 Å². The molecule has 28 heavy (non-hydrogen) atoms. The van der Waals surface area contributed by atoms with Crippen LogP contribution in [0, 0.1) is 6.92 Å². The number of hydrogen-bond donors (Lipinski definition) is 3. The number of ether oxygens (including phenoxy) is 1. The average Bonchev–Trinajstić information content (AvgIpc) is 2.67. The second-order valence-corrected chi connectivity index (χ2v) is 6.85. The summed E-state index contributed by atoms with van der Waals surface area (Å²) in [6.45, 7) is 3.67. The number of carbonyl (C=O) groups excluding carboxylic acids is 1. The third-order valence-electron chi connectivity index (χ3n) is 3.90. The molecule has 0 saturated heterocycles. The number of carbonyl (C=O) groups is 1. The van der Waals surface area contributed by atoms with Gasteiger partial charge in [0.1, 0.15) is 5.75 Å². The summed E-state index contributed by atoms with van der Waals surface area (Å²) in [5, 5.41) is 9.31. The monoisotopic (exact) mass is 560 g/mol. The van der Waals surface area contributed by atoms with Gasteiger partial charge in [0.15, 0.2) is 5.96 Å². The van der Waals surface area contributed by atoms with Gasteiger partial charge in [0, 0.05) is 42.3 Å². The van der Waals surface area contributed by atoms with Gasteiger partial charge in [-0.2, -0.15) is 0 Å². The maximum atomic E-state index is 12.1. The van der Waals surface area contributed by atoms with Gasteiger partial charge in [-0.1, -0.05) is 34.1 Å². The van der Waals surface area contributed by atoms with Gasteiger partial charge in [0.2, 0.25) is 0 Å². The van der Waals surface area contributed by atoms with Crippen molar-refractivity contribution >= 4 is 51.8 Å². The molecule has 1 amide bonds. The van der Waals surface area contributed by atoms with Crippen molar-refractivity contribution in [1.82, 2.24) is 16.0 Å². The predicted molar refractivity (Wildman–Crippen MR) is 128 cm³/mol. The Bertz CT molecular complexity index is 815. The number of nitrogens with one attached hydrogen (secondary N) is 3. The first-order valence-corrected chi connectivity index (χ1v) is 9.44. The zero-order chi connectivity index (χ0) is 19.6. The number of methoxy groups -OCH3 is 1. The van der Waals surface area contributed by atoms with Gasteiger partial charge in [0.25, 0.3) is 5.91 Å². The molecule has 8 heteroatoms. The third kappa shape index (κ3) is 7.67. The lowest BCUT2D eigenvalue weighted by Crippen LogP contribution is -2.41. The van der Waals surface area contributed by atoms with E-state index < -0.39 is 0 Å². The van der Waals surface area contributed by atoms with Gasteiger partial charge in [-0.15, -0.1) is 24.0 Å². The highest BCUT2D eigenvalue weighted by molar-refractivity contribution is 14.0. The first-order chi connectivity index (χ1) is 13.0. The van der Waals surface area contributed by atoms with Crippen LogP contribution in [-0.2, 0) is 6.54 Å². The van der Waals surface area contributed by atoms with E-state index in [0.717, 1.165) is 21.3 Å². The molecule has 0 fully saturated rings. The molecule has 0 radical (unpaired) electrons. The van der Waals surface area contributed by atoms with E-state index in [0.29, 0.717) is 31.2 Å². The minimum absolute atomic E-state index is 0. The third-order valence-corrected chi connectivity index (χ3v) is 4.40. The number of amides is 1. The van der Waals surface area contributed by atoms with Crippen LogP contribution in [0.5, 0.6) is 5.75 Å². The molecular formula is C20H26BrIN4O2. The van der Waals surface area contributed by atoms with E-state index >= 15 is 0 Å². The summed E-state index contributed by atoms with van der Waals surface area (Å²) in [5.41, 5.74) is 2.83. The molecule has 0 aliphatic carbocycles. The number of nitrogens with zero attached hydrogens (tertiary/aromatic N) is 1. The van der Waals surface area contributed by atoms with Crippen molar-refractivity contribution in [2.75, 3.05) is 27.2 Å². The fraction of sp³-hybridized carbons (Fsp3) is 0.300. The molecule has 0 heterocycles. The highest BCUT2D eigenvalue weighted by atomic mass is 127. The summed E-state index contributed by atoms with van der Waals surface area (Å²) in [7, 11) is 3.38. The molecule has 0 aliphatic rings. The van der Waals surface area contributed by atoms with Crippen molar-refractivity contribution < 1.29 is 9.53 Å². The van der Waals surface area contributed by atoms with Crippen LogP contribution in [0.3, 0.4) is 0 Å². The number of aryl methyl sites for hydroxylation is 1. The molecule has 2 aromatic rings. The van der Waals surface area contributed by atoms with Crippen molar-refractivity contribution in [2.24, 2.45) is 4.99 Å². The topological polar surface area (TPSA) is 74.8 Å². The molecule has 6 nitrogen and oxygen atoms in total. The molecule has 0 aromatic heterocycles. The van der Waals surface area contributed by atoms with E-state index in [1.165, 1.54) is 0 Å². The first-order valence-electron chi connectivity index (χ1n) is 8.65. The van der Waals surface area contributed by atoms with Crippen LogP contribution in [0.4, 0.5) is 0 Å². The van der Waals surface area contributed by atoms with E-state index in [4.69, 9.17) is 4.74 Å². The molecular weight excluding hydrogens is 535 g/mol. The van der Waals surface area contributed by atoms with Gasteiger partial charge in [-0.3, -0.25) is 9.79 Å². The Morgan fingerprint density at radius 2 is 1.86 bits per heavy atom. The number of rotatable bonds is 7. The minimum atomic E-state index is -0.106. The Kier molecular flexibility index (Phi) is 10.9. The zero-order valence-corrected chi connectivity index (χ0v) is 20.1. The standard InChI is InChI=1S/C20H25BrN4O2.HI/c1-14-7-8-16(18(11-14)27-3)13-25-20(22-2)24-10-9-23-19(26)15-5-4-6-17(21)12-15;/h4-8,11-12H,9-10,13H2,1-3H3,(H,23,26)(H2,22,24,25);1H. The highest BCUT2D eigenvalue weighted by Gasteiger charge is 2.06. The van der Waals surface area contributed by atoms with Crippen molar-refractivity contribution in [1.29, 1.82) is 0 Å². The molecule has 0 aliphatic heterocycles. The second kappa shape index (κ2) is 12.6. The lowest BCUT2D eigenvalue weighted by atomic mass is 10.1. The van der Waals surface area contributed by atoms with Gasteiger partial charge in [-0.25, -0.2) is 0 Å². The Hall–Kier alpha value is -1.81. The maximum absolute atomic E-state index is 12.1. The number of guanidine groups is 1. The first kappa shape index (κ1) is 24.2. The summed E-state index contributed by atoms with van der Waals surface area (Å²) in [6.07, 6.45) is 0. The molecule has 2 aromatic carbocycles. The smallest absolute Gasteiger partial charge is 0.251 e. The number of hydrogen-bond acceptors (Lipinski definition) is 3. The molecule has 0 atom stereocenters. The number of benzene rings is 2.